The number of thiazole rings is 1. The lowest BCUT2D eigenvalue weighted by molar-refractivity contribution is -0.274. The van der Waals surface area contributed by atoms with Crippen molar-refractivity contribution in [1.82, 2.24) is 19.3 Å². The predicted octanol–water partition coefficient (Wildman–Crippen LogP) is 8.75. The van der Waals surface area contributed by atoms with Crippen LogP contribution in [0.4, 0.5) is 18.9 Å². The summed E-state index contributed by atoms with van der Waals surface area (Å²) in [4.78, 5) is 7.44. The van der Waals surface area contributed by atoms with E-state index in [1.165, 1.54) is 52.3 Å². The van der Waals surface area contributed by atoms with E-state index >= 15 is 0 Å². The average Bonchev–Trinajstić information content (AvgIpc) is 3.74. The molecule has 12 heteroatoms. The molecule has 0 fully saturated rings. The van der Waals surface area contributed by atoms with Gasteiger partial charge in [-0.05, 0) is 86.3 Å². The zero-order chi connectivity index (χ0) is 34.5. The Balaban J connectivity index is 1.24. The van der Waals surface area contributed by atoms with Crippen LogP contribution in [0.3, 0.4) is 0 Å². The molecule has 8 nitrogen and oxygen atoms in total. The lowest BCUT2D eigenvalue weighted by atomic mass is 10.1. The quantitative estimate of drug-likeness (QED) is 0.107. The zero-order valence-electron chi connectivity index (χ0n) is 27.4. The SMILES string of the molecule is CCN(CC)c1ccc(-c2cs/c(=N/N=C/c3ccc(-c4ncn(-c5ccc(OC(F)(F)F)cc5)n4)cc3)n2-c2c(C)cccc2C)cc1. The molecule has 4 aromatic carbocycles. The summed E-state index contributed by atoms with van der Waals surface area (Å²) >= 11 is 1.54. The third kappa shape index (κ3) is 7.65. The molecule has 0 N–H and O–H groups in total. The summed E-state index contributed by atoms with van der Waals surface area (Å²) in [5.41, 5.74) is 8.87. The Kier molecular flexibility index (Phi) is 9.77. The number of ether oxygens (including phenoxy) is 1. The smallest absolute Gasteiger partial charge is 0.406 e. The monoisotopic (exact) mass is 681 g/mol. The maximum absolute atomic E-state index is 12.5. The molecule has 2 aromatic heterocycles. The van der Waals surface area contributed by atoms with Gasteiger partial charge in [-0.25, -0.2) is 9.67 Å². The van der Waals surface area contributed by atoms with Gasteiger partial charge in [0.1, 0.15) is 12.1 Å². The van der Waals surface area contributed by atoms with Gasteiger partial charge in [-0.15, -0.1) is 34.7 Å². The molecule has 0 aliphatic heterocycles. The van der Waals surface area contributed by atoms with Gasteiger partial charge in [0.25, 0.3) is 0 Å². The van der Waals surface area contributed by atoms with E-state index in [1.807, 2.05) is 24.3 Å². The molecular weight excluding hydrogens is 648 g/mol. The van der Waals surface area contributed by atoms with Gasteiger partial charge in [0.2, 0.25) is 4.80 Å². The first kappa shape index (κ1) is 33.4. The van der Waals surface area contributed by atoms with Gasteiger partial charge in [0.05, 0.1) is 23.3 Å². The van der Waals surface area contributed by atoms with Crippen molar-refractivity contribution in [2.24, 2.45) is 10.2 Å². The Hall–Kier alpha value is -5.49. The van der Waals surface area contributed by atoms with Gasteiger partial charge in [0, 0.05) is 29.7 Å². The van der Waals surface area contributed by atoms with E-state index in [0.29, 0.717) is 11.5 Å². The molecule has 6 rings (SSSR count). The fourth-order valence-corrected chi connectivity index (χ4v) is 6.42. The second-order valence-electron chi connectivity index (χ2n) is 11.2. The van der Waals surface area contributed by atoms with Gasteiger partial charge < -0.3 is 9.64 Å². The fourth-order valence-electron chi connectivity index (χ4n) is 5.57. The van der Waals surface area contributed by atoms with Gasteiger partial charge in [-0.1, -0.05) is 54.6 Å². The molecule has 2 heterocycles. The van der Waals surface area contributed by atoms with E-state index in [0.717, 1.165) is 57.1 Å². The summed E-state index contributed by atoms with van der Waals surface area (Å²) in [6.07, 6.45) is -1.54. The van der Waals surface area contributed by atoms with Crippen LogP contribution in [0.5, 0.6) is 5.75 Å². The van der Waals surface area contributed by atoms with Gasteiger partial charge in [-0.3, -0.25) is 4.57 Å². The Labute approximate surface area is 286 Å². The van der Waals surface area contributed by atoms with E-state index in [2.05, 4.69) is 110 Å². The van der Waals surface area contributed by atoms with Crippen LogP contribution in [-0.4, -0.2) is 45.0 Å². The maximum atomic E-state index is 12.5. The molecule has 0 atom stereocenters. The van der Waals surface area contributed by atoms with E-state index in [4.69, 9.17) is 0 Å². The van der Waals surface area contributed by atoms with Crippen molar-refractivity contribution in [3.05, 3.63) is 124 Å². The maximum Gasteiger partial charge on any atom is 0.573 e. The largest absolute Gasteiger partial charge is 0.573 e. The highest BCUT2D eigenvalue weighted by Crippen LogP contribution is 2.29. The van der Waals surface area contributed by atoms with Crippen LogP contribution in [0, 0.1) is 13.8 Å². The van der Waals surface area contributed by atoms with Crippen LogP contribution in [-0.2, 0) is 0 Å². The first-order valence-electron chi connectivity index (χ1n) is 15.7. The highest BCUT2D eigenvalue weighted by atomic mass is 32.1. The van der Waals surface area contributed by atoms with Crippen LogP contribution in [0.2, 0.25) is 0 Å². The van der Waals surface area contributed by atoms with Gasteiger partial charge in [0.15, 0.2) is 5.82 Å². The molecular formula is C37H34F3N7OS. The van der Waals surface area contributed by atoms with Gasteiger partial charge in [-0.2, -0.15) is 5.10 Å². The number of benzene rings is 4. The highest BCUT2D eigenvalue weighted by molar-refractivity contribution is 7.07. The Morgan fingerprint density at radius 3 is 2.14 bits per heavy atom. The van der Waals surface area contributed by atoms with Crippen LogP contribution >= 0.6 is 11.3 Å². The topological polar surface area (TPSA) is 72.8 Å². The molecule has 0 aliphatic rings. The third-order valence-corrected chi connectivity index (χ3v) is 8.82. The zero-order valence-corrected chi connectivity index (χ0v) is 28.2. The second-order valence-corrected chi connectivity index (χ2v) is 12.1. The number of aryl methyl sites for hydroxylation is 2. The Morgan fingerprint density at radius 2 is 1.51 bits per heavy atom. The first-order valence-corrected chi connectivity index (χ1v) is 16.6. The molecule has 0 radical (unpaired) electrons. The molecule has 250 valence electrons. The number of hydrogen-bond donors (Lipinski definition) is 0. The van der Waals surface area contributed by atoms with Crippen molar-refractivity contribution in [2.45, 2.75) is 34.1 Å². The number of aromatic nitrogens is 4. The van der Waals surface area contributed by atoms with E-state index in [1.54, 1.807) is 6.21 Å². The van der Waals surface area contributed by atoms with Crippen LogP contribution < -0.4 is 14.4 Å². The van der Waals surface area contributed by atoms with Crippen LogP contribution in [0.1, 0.15) is 30.5 Å². The first-order chi connectivity index (χ1) is 23.6. The lowest BCUT2D eigenvalue weighted by Crippen LogP contribution is -2.21. The highest BCUT2D eigenvalue weighted by Gasteiger charge is 2.31. The molecule has 49 heavy (non-hydrogen) atoms. The molecule has 0 unspecified atom stereocenters. The number of anilines is 1. The standard InChI is InChI=1S/C37H34F3N7OS/c1-5-45(6-2)30-16-14-28(15-17-30)33-23-49-36(47(33)34-25(3)8-7-9-26(34)4)43-42-22-27-10-12-29(13-11-27)35-41-24-46(44-35)31-18-20-32(21-19-31)48-37(38,39)40/h7-24H,5-6H2,1-4H3/b42-22+,43-36+. The average molecular weight is 682 g/mol. The van der Waals surface area contributed by atoms with E-state index < -0.39 is 6.36 Å². The molecule has 6 aromatic rings. The molecule has 0 bridgehead atoms. The number of halogens is 3. The van der Waals surface area contributed by atoms with Crippen molar-refractivity contribution in [3.63, 3.8) is 0 Å². The third-order valence-electron chi connectivity index (χ3n) is 8.01. The molecule has 0 saturated carbocycles. The van der Waals surface area contributed by atoms with Gasteiger partial charge >= 0.3 is 6.36 Å². The lowest BCUT2D eigenvalue weighted by Gasteiger charge is -2.21. The summed E-state index contributed by atoms with van der Waals surface area (Å²) < 4.78 is 45.0. The normalized spacial score (nSPS) is 12.2. The summed E-state index contributed by atoms with van der Waals surface area (Å²) in [6, 6.07) is 27.9. The number of nitrogens with zero attached hydrogens (tertiary/aromatic N) is 7. The predicted molar refractivity (Wildman–Crippen MR) is 189 cm³/mol. The molecule has 0 amide bonds. The summed E-state index contributed by atoms with van der Waals surface area (Å²) in [5, 5.41) is 15.7. The van der Waals surface area contributed by atoms with Crippen molar-refractivity contribution >= 4 is 23.2 Å². The number of hydrogen-bond acceptors (Lipinski definition) is 7. The van der Waals surface area contributed by atoms with Crippen molar-refractivity contribution in [3.8, 4) is 39.8 Å². The van der Waals surface area contributed by atoms with Crippen molar-refractivity contribution < 1.29 is 17.9 Å². The Bertz CT molecular complexity index is 2110. The van der Waals surface area contributed by atoms with Crippen LogP contribution in [0.15, 0.2) is 113 Å². The number of para-hydroxylation sites is 1. The molecule has 0 aliphatic carbocycles. The Morgan fingerprint density at radius 1 is 0.857 bits per heavy atom. The van der Waals surface area contributed by atoms with Crippen LogP contribution in [0.25, 0.3) is 34.0 Å². The number of alkyl halides is 3. The summed E-state index contributed by atoms with van der Waals surface area (Å²) in [7, 11) is 0. The number of rotatable bonds is 10. The van der Waals surface area contributed by atoms with E-state index in [9.17, 15) is 13.2 Å². The van der Waals surface area contributed by atoms with Crippen molar-refractivity contribution in [1.29, 1.82) is 0 Å². The minimum atomic E-state index is -4.75. The van der Waals surface area contributed by atoms with E-state index in [-0.39, 0.29) is 5.75 Å². The second kappa shape index (κ2) is 14.3. The fraction of sp³-hybridized carbons (Fsp3) is 0.189. The summed E-state index contributed by atoms with van der Waals surface area (Å²) in [5.74, 6) is 0.163. The molecule has 0 saturated heterocycles. The molecule has 0 spiro atoms. The van der Waals surface area contributed by atoms with Crippen molar-refractivity contribution in [2.75, 3.05) is 18.0 Å². The summed E-state index contributed by atoms with van der Waals surface area (Å²) in [6.45, 7) is 10.4. The minimum absolute atomic E-state index is 0.305. The minimum Gasteiger partial charge on any atom is -0.406 e.